The topological polar surface area (TPSA) is 109 Å². The van der Waals surface area contributed by atoms with E-state index >= 15 is 0 Å². The van der Waals surface area contributed by atoms with Crippen LogP contribution in [0.25, 0.3) is 11.4 Å². The molecule has 10 rings (SSSR count). The highest BCUT2D eigenvalue weighted by atomic mass is 16.5. The van der Waals surface area contributed by atoms with Crippen LogP contribution in [0.15, 0.2) is 121 Å². The third kappa shape index (κ3) is 4.74. The van der Waals surface area contributed by atoms with Crippen LogP contribution in [0, 0.1) is 0 Å². The van der Waals surface area contributed by atoms with Gasteiger partial charge in [-0.1, -0.05) is 62.4 Å². The van der Waals surface area contributed by atoms with Gasteiger partial charge in [-0.2, -0.15) is 0 Å². The Morgan fingerprint density at radius 2 is 0.698 bits per heavy atom. The normalized spacial score (nSPS) is 20.3. The van der Waals surface area contributed by atoms with Crippen LogP contribution in [0.4, 0.5) is 0 Å². The fourth-order valence-electron chi connectivity index (χ4n) is 9.01. The van der Waals surface area contributed by atoms with Gasteiger partial charge in [-0.15, -0.1) is 0 Å². The van der Waals surface area contributed by atoms with Gasteiger partial charge in [0, 0.05) is 51.3 Å². The quantitative estimate of drug-likeness (QED) is 0.118. The molecule has 4 atom stereocenters. The molecule has 0 amide bonds. The Morgan fingerprint density at radius 3 is 0.981 bits per heavy atom. The third-order valence-electron chi connectivity index (χ3n) is 11.9. The molecular formula is C45H38N2O6. The predicted molar refractivity (Wildman–Crippen MR) is 202 cm³/mol. The van der Waals surface area contributed by atoms with E-state index in [1.54, 1.807) is 0 Å². The molecule has 2 heterocycles. The minimum absolute atomic E-state index is 0.110. The molecule has 0 saturated carbocycles. The van der Waals surface area contributed by atoms with Crippen molar-refractivity contribution in [3.63, 3.8) is 0 Å². The van der Waals surface area contributed by atoms with Crippen LogP contribution in [0.1, 0.15) is 83.7 Å². The van der Waals surface area contributed by atoms with E-state index in [9.17, 15) is 20.4 Å². The molecule has 8 nitrogen and oxygen atoms in total. The van der Waals surface area contributed by atoms with Crippen molar-refractivity contribution in [3.8, 4) is 57.9 Å². The van der Waals surface area contributed by atoms with E-state index < -0.39 is 0 Å². The predicted octanol–water partition coefficient (Wildman–Crippen LogP) is 10.3. The van der Waals surface area contributed by atoms with Crippen molar-refractivity contribution in [2.75, 3.05) is 0 Å². The monoisotopic (exact) mass is 702 g/mol. The molecule has 4 aliphatic rings. The maximum Gasteiger partial charge on any atom is 0.202 e. The summed E-state index contributed by atoms with van der Waals surface area (Å²) in [7, 11) is 0. The van der Waals surface area contributed by atoms with Gasteiger partial charge in [-0.25, -0.2) is 0 Å². The summed E-state index contributed by atoms with van der Waals surface area (Å²) in [5, 5.41) is 43.8. The van der Waals surface area contributed by atoms with E-state index in [-0.39, 0.29) is 52.6 Å². The molecule has 0 fully saturated rings. The van der Waals surface area contributed by atoms with Crippen molar-refractivity contribution in [1.29, 1.82) is 0 Å². The summed E-state index contributed by atoms with van der Waals surface area (Å²) < 4.78 is 15.4. The van der Waals surface area contributed by atoms with Crippen LogP contribution in [-0.4, -0.2) is 29.6 Å². The van der Waals surface area contributed by atoms with Crippen LogP contribution in [0.2, 0.25) is 0 Å². The Kier molecular flexibility index (Phi) is 6.74. The van der Waals surface area contributed by atoms with Gasteiger partial charge in [0.05, 0.1) is 11.4 Å². The summed E-state index contributed by atoms with van der Waals surface area (Å²) in [6.45, 7) is 4.37. The highest BCUT2D eigenvalue weighted by Gasteiger charge is 2.42. The van der Waals surface area contributed by atoms with Crippen LogP contribution >= 0.6 is 0 Å². The molecular weight excluding hydrogens is 665 g/mol. The first-order chi connectivity index (χ1) is 25.7. The lowest BCUT2D eigenvalue weighted by atomic mass is 9.78. The number of rotatable bonds is 8. The number of aromatic hydroxyl groups is 4. The van der Waals surface area contributed by atoms with Crippen LogP contribution in [0.5, 0.6) is 46.5 Å². The fourth-order valence-corrected chi connectivity index (χ4v) is 9.01. The van der Waals surface area contributed by atoms with Crippen LogP contribution < -0.4 is 9.47 Å². The molecule has 264 valence electrons. The molecule has 0 spiro atoms. The molecule has 4 aliphatic carbocycles. The van der Waals surface area contributed by atoms with E-state index in [1.807, 2.05) is 72.8 Å². The number of fused-ring (bicyclic) bond motifs is 10. The number of hydrogen-bond acceptors (Lipinski definition) is 6. The molecule has 2 aromatic heterocycles. The van der Waals surface area contributed by atoms with Crippen molar-refractivity contribution in [1.82, 2.24) is 9.13 Å². The molecule has 0 saturated heterocycles. The third-order valence-corrected chi connectivity index (χ3v) is 11.9. The summed E-state index contributed by atoms with van der Waals surface area (Å²) in [5.74, 6) is 3.82. The highest BCUT2D eigenvalue weighted by molar-refractivity contribution is 5.64. The van der Waals surface area contributed by atoms with Crippen molar-refractivity contribution < 1.29 is 29.9 Å². The van der Waals surface area contributed by atoms with E-state index in [1.165, 1.54) is 9.13 Å². The smallest absolute Gasteiger partial charge is 0.202 e. The van der Waals surface area contributed by atoms with Crippen molar-refractivity contribution >= 4 is 0 Å². The largest absolute Gasteiger partial charge is 0.494 e. The first kappa shape index (κ1) is 31.5. The first-order valence-electron chi connectivity index (χ1n) is 18.1. The molecule has 4 aromatic carbocycles. The zero-order chi connectivity index (χ0) is 36.2. The number of aromatic nitrogens is 2. The lowest BCUT2D eigenvalue weighted by Crippen LogP contribution is -2.18. The Morgan fingerprint density at radius 1 is 0.434 bits per heavy atom. The minimum atomic E-state index is -0.285. The zero-order valence-corrected chi connectivity index (χ0v) is 29.3. The van der Waals surface area contributed by atoms with Crippen LogP contribution in [-0.2, 0) is 5.41 Å². The average molecular weight is 703 g/mol. The van der Waals surface area contributed by atoms with Crippen LogP contribution in [0.3, 0.4) is 0 Å². The number of hydrogen-bond donors (Lipinski definition) is 4. The van der Waals surface area contributed by atoms with Crippen molar-refractivity contribution in [2.24, 2.45) is 0 Å². The summed E-state index contributed by atoms with van der Waals surface area (Å²) in [5.41, 5.74) is 6.70. The van der Waals surface area contributed by atoms with E-state index in [0.29, 0.717) is 34.4 Å². The summed E-state index contributed by atoms with van der Waals surface area (Å²) >= 11 is 0. The fraction of sp³-hybridized carbons (Fsp3) is 0.200. The van der Waals surface area contributed by atoms with Gasteiger partial charge in [0.2, 0.25) is 23.5 Å². The molecule has 4 bridgehead atoms. The number of nitrogens with zero attached hydrogens (tertiary/aromatic N) is 2. The summed E-state index contributed by atoms with van der Waals surface area (Å²) in [6, 6.07) is 30.9. The second-order valence-electron chi connectivity index (χ2n) is 15.2. The summed E-state index contributed by atoms with van der Waals surface area (Å²) in [6.07, 6.45) is 10.3. The van der Waals surface area contributed by atoms with Gasteiger partial charge in [0.15, 0.2) is 0 Å². The number of benzene rings is 4. The number of ether oxygens (including phenoxy) is 2. The van der Waals surface area contributed by atoms with Gasteiger partial charge in [-0.05, 0) is 96.8 Å². The summed E-state index contributed by atoms with van der Waals surface area (Å²) in [4.78, 5) is 0. The Bertz CT molecular complexity index is 2220. The molecule has 4 unspecified atom stereocenters. The second-order valence-corrected chi connectivity index (χ2v) is 15.2. The Balaban J connectivity index is 0.794. The first-order valence-corrected chi connectivity index (χ1v) is 18.1. The van der Waals surface area contributed by atoms with Gasteiger partial charge in [0.25, 0.3) is 0 Å². The van der Waals surface area contributed by atoms with Crippen molar-refractivity contribution in [3.05, 3.63) is 155 Å². The molecule has 4 N–H and O–H groups in total. The molecule has 8 heteroatoms. The minimum Gasteiger partial charge on any atom is -0.494 e. The van der Waals surface area contributed by atoms with E-state index in [4.69, 9.17) is 9.47 Å². The van der Waals surface area contributed by atoms with Gasteiger partial charge < -0.3 is 29.9 Å². The molecule has 0 aliphatic heterocycles. The highest BCUT2D eigenvalue weighted by Crippen LogP contribution is 2.58. The zero-order valence-electron chi connectivity index (χ0n) is 29.3. The molecule has 53 heavy (non-hydrogen) atoms. The van der Waals surface area contributed by atoms with Gasteiger partial charge in [-0.3, -0.25) is 9.13 Å². The maximum absolute atomic E-state index is 11.0. The van der Waals surface area contributed by atoms with Gasteiger partial charge >= 0.3 is 0 Å². The molecule has 0 radical (unpaired) electrons. The lowest BCUT2D eigenvalue weighted by Gasteiger charge is -2.26. The van der Waals surface area contributed by atoms with E-state index in [0.717, 1.165) is 46.2 Å². The Hall–Kier alpha value is -6.28. The number of allylic oxidation sites excluding steroid dienone is 4. The lowest BCUT2D eigenvalue weighted by molar-refractivity contribution is 0.394. The standard InChI is InChI=1S/C45H38N2O6/c1-45(2,29-7-15-33(16-8-29)52-35-19-11-31(12-20-35)46-41(48)37-25-3-4-26(23-25)38(37)42(46)49)30-9-17-34(18-10-30)53-36-21-13-32(14-22-36)47-43(50)39-27-5-6-28(24-27)40(39)44(47)51/h3-22,25-28,48-51H,23-24H2,1-2H3. The Labute approximate surface area is 306 Å². The molecule has 6 aromatic rings. The maximum atomic E-state index is 11.0. The van der Waals surface area contributed by atoms with E-state index in [2.05, 4.69) is 62.4 Å². The van der Waals surface area contributed by atoms with Gasteiger partial charge in [0.1, 0.15) is 23.0 Å². The second kappa shape index (κ2) is 11.4. The van der Waals surface area contributed by atoms with Crippen molar-refractivity contribution in [2.45, 2.75) is 55.8 Å². The SMILES string of the molecule is CC(C)(c1ccc(Oc2ccc(-n3c(O)c4c(c3O)C3C=CC4C3)cc2)cc1)c1ccc(Oc2ccc(-n3c(O)c4c(c3O)C3C=CC4C3)cc2)cc1. The average Bonchev–Trinajstić information content (AvgIpc) is 4.03.